The molecular formula is C17H22N4O2S. The number of hydrogen-bond donors (Lipinski definition) is 1. The summed E-state index contributed by atoms with van der Waals surface area (Å²) in [6, 6.07) is 6.93. The van der Waals surface area contributed by atoms with Crippen LogP contribution in [0.4, 0.5) is 5.82 Å². The first kappa shape index (κ1) is 16.9. The maximum absolute atomic E-state index is 11.3. The highest BCUT2D eigenvalue weighted by atomic mass is 32.2. The van der Waals surface area contributed by atoms with Gasteiger partial charge < -0.3 is 4.90 Å². The number of primary sulfonamides is 1. The minimum absolute atomic E-state index is 0.161. The summed E-state index contributed by atoms with van der Waals surface area (Å²) in [7, 11) is -3.63. The Kier molecular flexibility index (Phi) is 4.56. The van der Waals surface area contributed by atoms with Crippen LogP contribution in [0.25, 0.3) is 0 Å². The molecule has 2 aromatic rings. The van der Waals surface area contributed by atoms with E-state index in [2.05, 4.69) is 14.9 Å². The third kappa shape index (κ3) is 3.57. The Bertz CT molecular complexity index is 826. The van der Waals surface area contributed by atoms with Crippen LogP contribution in [-0.2, 0) is 10.0 Å². The number of anilines is 1. The number of hydrogen-bond acceptors (Lipinski definition) is 5. The summed E-state index contributed by atoms with van der Waals surface area (Å²) in [5.41, 5.74) is 3.04. The number of piperidine rings is 1. The number of aryl methyl sites for hydroxylation is 2. The summed E-state index contributed by atoms with van der Waals surface area (Å²) in [4.78, 5) is 11.5. The molecule has 0 atom stereocenters. The van der Waals surface area contributed by atoms with Crippen molar-refractivity contribution in [2.45, 2.75) is 37.5 Å². The third-order valence-corrected chi connectivity index (χ3v) is 5.45. The molecule has 1 fully saturated rings. The first-order valence-corrected chi connectivity index (χ1v) is 9.57. The van der Waals surface area contributed by atoms with Crippen LogP contribution in [0.2, 0.25) is 0 Å². The monoisotopic (exact) mass is 346 g/mol. The van der Waals surface area contributed by atoms with Crippen molar-refractivity contribution < 1.29 is 8.42 Å². The van der Waals surface area contributed by atoms with E-state index in [1.165, 1.54) is 0 Å². The van der Waals surface area contributed by atoms with Crippen LogP contribution in [0.5, 0.6) is 0 Å². The Morgan fingerprint density at radius 2 is 1.75 bits per heavy atom. The molecule has 128 valence electrons. The molecule has 0 bridgehead atoms. The number of nitrogens with zero attached hydrogens (tertiary/aromatic N) is 3. The summed E-state index contributed by atoms with van der Waals surface area (Å²) in [5.74, 6) is 1.40. The molecule has 1 aromatic carbocycles. The molecule has 3 rings (SSSR count). The molecule has 0 saturated carbocycles. The average molecular weight is 346 g/mol. The van der Waals surface area contributed by atoms with Crippen molar-refractivity contribution in [3.05, 3.63) is 47.4 Å². The Morgan fingerprint density at radius 1 is 1.12 bits per heavy atom. The van der Waals surface area contributed by atoms with Gasteiger partial charge >= 0.3 is 0 Å². The summed E-state index contributed by atoms with van der Waals surface area (Å²) in [6.45, 7) is 5.77. The van der Waals surface area contributed by atoms with Crippen molar-refractivity contribution in [1.82, 2.24) is 9.97 Å². The molecule has 7 heteroatoms. The van der Waals surface area contributed by atoms with E-state index in [0.29, 0.717) is 5.92 Å². The summed E-state index contributed by atoms with van der Waals surface area (Å²) >= 11 is 0. The first-order valence-electron chi connectivity index (χ1n) is 8.02. The Balaban J connectivity index is 1.70. The molecule has 0 radical (unpaired) electrons. The summed E-state index contributed by atoms with van der Waals surface area (Å²) < 4.78 is 22.7. The molecule has 0 spiro atoms. The van der Waals surface area contributed by atoms with Crippen LogP contribution in [0.1, 0.15) is 35.7 Å². The molecule has 2 heterocycles. The predicted molar refractivity (Wildman–Crippen MR) is 93.5 cm³/mol. The van der Waals surface area contributed by atoms with Crippen molar-refractivity contribution in [2.24, 2.45) is 5.14 Å². The number of aromatic nitrogens is 2. The topological polar surface area (TPSA) is 89.2 Å². The summed E-state index contributed by atoms with van der Waals surface area (Å²) in [6.07, 6.45) is 3.80. The lowest BCUT2D eigenvalue weighted by molar-refractivity contribution is 0.501. The molecule has 1 aromatic heterocycles. The average Bonchev–Trinajstić information content (AvgIpc) is 2.57. The lowest BCUT2D eigenvalue weighted by Gasteiger charge is -2.33. The highest BCUT2D eigenvalue weighted by molar-refractivity contribution is 7.89. The molecule has 0 aliphatic carbocycles. The van der Waals surface area contributed by atoms with Gasteiger partial charge in [-0.2, -0.15) is 0 Å². The van der Waals surface area contributed by atoms with E-state index in [9.17, 15) is 8.42 Å². The van der Waals surface area contributed by atoms with Gasteiger partial charge in [-0.25, -0.2) is 18.5 Å². The smallest absolute Gasteiger partial charge is 0.238 e. The van der Waals surface area contributed by atoms with E-state index in [0.717, 1.165) is 48.7 Å². The van der Waals surface area contributed by atoms with Crippen LogP contribution < -0.4 is 10.0 Å². The largest absolute Gasteiger partial charge is 0.355 e. The highest BCUT2D eigenvalue weighted by Crippen LogP contribution is 2.31. The molecule has 0 unspecified atom stereocenters. The second-order valence-corrected chi connectivity index (χ2v) is 7.86. The fraction of sp³-hybridized carbons (Fsp3) is 0.412. The van der Waals surface area contributed by atoms with Crippen molar-refractivity contribution in [1.29, 1.82) is 0 Å². The van der Waals surface area contributed by atoms with Gasteiger partial charge in [0.15, 0.2) is 0 Å². The zero-order valence-electron chi connectivity index (χ0n) is 13.9. The van der Waals surface area contributed by atoms with Gasteiger partial charge in [-0.3, -0.25) is 4.98 Å². The molecule has 6 nitrogen and oxygen atoms in total. The molecule has 1 saturated heterocycles. The van der Waals surface area contributed by atoms with Crippen LogP contribution in [0, 0.1) is 13.8 Å². The fourth-order valence-corrected chi connectivity index (χ4v) is 3.69. The number of sulfonamides is 1. The maximum Gasteiger partial charge on any atom is 0.238 e. The van der Waals surface area contributed by atoms with Crippen molar-refractivity contribution >= 4 is 15.8 Å². The van der Waals surface area contributed by atoms with Gasteiger partial charge in [0.05, 0.1) is 16.3 Å². The van der Waals surface area contributed by atoms with Crippen molar-refractivity contribution in [3.63, 3.8) is 0 Å². The van der Waals surface area contributed by atoms with E-state index < -0.39 is 10.0 Å². The lowest BCUT2D eigenvalue weighted by atomic mass is 9.89. The standard InChI is InChI=1S/C17H22N4O2S/c1-12-11-19-13(2)17(20-12)21-9-7-15(8-10-21)14-3-5-16(6-4-14)24(18,22)23/h3-6,11,15H,7-10H2,1-2H3,(H2,18,22,23). The minimum Gasteiger partial charge on any atom is -0.355 e. The molecule has 2 N–H and O–H groups in total. The molecule has 1 aliphatic heterocycles. The van der Waals surface area contributed by atoms with Gasteiger partial charge in [0.2, 0.25) is 10.0 Å². The Morgan fingerprint density at radius 3 is 2.33 bits per heavy atom. The number of benzene rings is 1. The number of nitrogens with two attached hydrogens (primary N) is 1. The van der Waals surface area contributed by atoms with Crippen LogP contribution in [0.15, 0.2) is 35.4 Å². The van der Waals surface area contributed by atoms with E-state index >= 15 is 0 Å². The minimum atomic E-state index is -3.63. The van der Waals surface area contributed by atoms with Gasteiger partial charge in [-0.05, 0) is 50.3 Å². The lowest BCUT2D eigenvalue weighted by Crippen LogP contribution is -2.34. The second-order valence-electron chi connectivity index (χ2n) is 6.30. The van der Waals surface area contributed by atoms with Gasteiger partial charge in [0.25, 0.3) is 0 Å². The predicted octanol–water partition coefficient (Wildman–Crippen LogP) is 2.12. The molecular weight excluding hydrogens is 324 g/mol. The van der Waals surface area contributed by atoms with Gasteiger partial charge in [-0.1, -0.05) is 12.1 Å². The SMILES string of the molecule is Cc1cnc(C)c(N2CCC(c3ccc(S(N)(=O)=O)cc3)CC2)n1. The zero-order chi connectivity index (χ0) is 17.3. The highest BCUT2D eigenvalue weighted by Gasteiger charge is 2.23. The third-order valence-electron chi connectivity index (χ3n) is 4.53. The van der Waals surface area contributed by atoms with Crippen LogP contribution >= 0.6 is 0 Å². The van der Waals surface area contributed by atoms with E-state index in [1.807, 2.05) is 26.0 Å². The quantitative estimate of drug-likeness (QED) is 0.919. The van der Waals surface area contributed by atoms with Crippen LogP contribution in [-0.4, -0.2) is 31.5 Å². The first-order chi connectivity index (χ1) is 11.3. The van der Waals surface area contributed by atoms with Crippen LogP contribution in [0.3, 0.4) is 0 Å². The Labute approximate surface area is 142 Å². The fourth-order valence-electron chi connectivity index (χ4n) is 3.18. The normalized spacial score (nSPS) is 16.4. The molecule has 24 heavy (non-hydrogen) atoms. The van der Waals surface area contributed by atoms with E-state index in [-0.39, 0.29) is 4.90 Å². The molecule has 1 aliphatic rings. The Hall–Kier alpha value is -1.99. The van der Waals surface area contributed by atoms with E-state index in [4.69, 9.17) is 5.14 Å². The zero-order valence-corrected chi connectivity index (χ0v) is 14.8. The summed E-state index contributed by atoms with van der Waals surface area (Å²) in [5, 5.41) is 5.15. The van der Waals surface area contributed by atoms with Crippen molar-refractivity contribution in [3.8, 4) is 0 Å². The van der Waals surface area contributed by atoms with Crippen molar-refractivity contribution in [2.75, 3.05) is 18.0 Å². The number of rotatable bonds is 3. The van der Waals surface area contributed by atoms with Gasteiger partial charge in [0.1, 0.15) is 5.82 Å². The molecule has 0 amide bonds. The van der Waals surface area contributed by atoms with E-state index in [1.54, 1.807) is 18.3 Å². The second kappa shape index (κ2) is 6.49. The maximum atomic E-state index is 11.3. The van der Waals surface area contributed by atoms with Gasteiger partial charge in [0, 0.05) is 19.3 Å². The van der Waals surface area contributed by atoms with Gasteiger partial charge in [-0.15, -0.1) is 0 Å².